The highest BCUT2D eigenvalue weighted by molar-refractivity contribution is 5.86. The Morgan fingerprint density at radius 1 is 0.833 bits per heavy atom. The highest BCUT2D eigenvalue weighted by atomic mass is 35.5. The standard InChI is InChI=1S/C19H35N5O.5ClH/c1-23(15-18-5-3-2-4-6-18)16-19(25)17-24-13-11-21-9-7-20-8-10-22-12-14-24;;;;;/h2-6,19-22,25H,7-17H2,1H3;5*1H. The summed E-state index contributed by atoms with van der Waals surface area (Å²) in [5.41, 5.74) is 1.28. The third-order valence-corrected chi connectivity index (χ3v) is 4.45. The van der Waals surface area contributed by atoms with Crippen molar-refractivity contribution >= 4 is 62.0 Å². The largest absolute Gasteiger partial charge is 0.390 e. The van der Waals surface area contributed by atoms with Crippen LogP contribution in [0.4, 0.5) is 0 Å². The van der Waals surface area contributed by atoms with Gasteiger partial charge in [0.15, 0.2) is 0 Å². The van der Waals surface area contributed by atoms with Crippen LogP contribution in [-0.4, -0.2) is 93.5 Å². The molecule has 0 aromatic heterocycles. The lowest BCUT2D eigenvalue weighted by Crippen LogP contribution is -2.45. The highest BCUT2D eigenvalue weighted by Gasteiger charge is 2.14. The van der Waals surface area contributed by atoms with Crippen LogP contribution < -0.4 is 16.0 Å². The van der Waals surface area contributed by atoms with E-state index in [0.29, 0.717) is 6.54 Å². The molecule has 0 amide bonds. The fraction of sp³-hybridized carbons (Fsp3) is 0.684. The Morgan fingerprint density at radius 2 is 1.30 bits per heavy atom. The molecule has 1 aromatic carbocycles. The molecule has 1 aromatic rings. The fourth-order valence-corrected chi connectivity index (χ4v) is 3.17. The molecule has 1 aliphatic rings. The molecule has 11 heteroatoms. The Bertz CT molecular complexity index is 452. The van der Waals surface area contributed by atoms with Gasteiger partial charge in [-0.2, -0.15) is 0 Å². The summed E-state index contributed by atoms with van der Waals surface area (Å²) in [4.78, 5) is 4.55. The minimum atomic E-state index is -0.330. The zero-order chi connectivity index (χ0) is 17.7. The van der Waals surface area contributed by atoms with Crippen LogP contribution >= 0.6 is 62.0 Å². The van der Waals surface area contributed by atoms with Gasteiger partial charge in [0.05, 0.1) is 6.10 Å². The third kappa shape index (κ3) is 18.0. The maximum Gasteiger partial charge on any atom is 0.0793 e. The van der Waals surface area contributed by atoms with E-state index in [2.05, 4.69) is 57.1 Å². The number of rotatable bonds is 6. The van der Waals surface area contributed by atoms with Crippen molar-refractivity contribution in [1.82, 2.24) is 25.8 Å². The van der Waals surface area contributed by atoms with Crippen molar-refractivity contribution in [3.63, 3.8) is 0 Å². The van der Waals surface area contributed by atoms with E-state index < -0.39 is 0 Å². The van der Waals surface area contributed by atoms with Crippen molar-refractivity contribution < 1.29 is 5.11 Å². The zero-order valence-corrected chi connectivity index (χ0v) is 21.7. The number of hydrogen-bond donors (Lipinski definition) is 4. The Hall–Kier alpha value is 0.430. The van der Waals surface area contributed by atoms with Gasteiger partial charge in [-0.15, -0.1) is 62.0 Å². The second-order valence-corrected chi connectivity index (χ2v) is 6.89. The molecule has 1 saturated heterocycles. The van der Waals surface area contributed by atoms with Gasteiger partial charge in [0.25, 0.3) is 0 Å². The van der Waals surface area contributed by atoms with E-state index in [9.17, 15) is 5.11 Å². The second kappa shape index (κ2) is 24.1. The lowest BCUT2D eigenvalue weighted by Gasteiger charge is -2.28. The van der Waals surface area contributed by atoms with E-state index in [4.69, 9.17) is 0 Å². The predicted molar refractivity (Wildman–Crippen MR) is 140 cm³/mol. The van der Waals surface area contributed by atoms with E-state index in [1.807, 2.05) is 6.07 Å². The van der Waals surface area contributed by atoms with Gasteiger partial charge in [-0.25, -0.2) is 0 Å². The average Bonchev–Trinajstić information content (AvgIpc) is 2.58. The summed E-state index contributed by atoms with van der Waals surface area (Å²) in [7, 11) is 2.07. The van der Waals surface area contributed by atoms with E-state index in [-0.39, 0.29) is 68.1 Å². The van der Waals surface area contributed by atoms with Crippen LogP contribution in [0.5, 0.6) is 0 Å². The maximum atomic E-state index is 10.5. The molecule has 1 unspecified atom stereocenters. The van der Waals surface area contributed by atoms with E-state index in [0.717, 1.165) is 65.4 Å². The molecular formula is C19H40Cl5N5O. The molecule has 1 fully saturated rings. The van der Waals surface area contributed by atoms with E-state index in [1.165, 1.54) is 5.56 Å². The molecule has 0 radical (unpaired) electrons. The van der Waals surface area contributed by atoms with Crippen LogP contribution in [0.1, 0.15) is 5.56 Å². The lowest BCUT2D eigenvalue weighted by atomic mass is 10.2. The summed E-state index contributed by atoms with van der Waals surface area (Å²) < 4.78 is 0. The topological polar surface area (TPSA) is 62.8 Å². The number of likely N-dealkylation sites (N-methyl/N-ethyl adjacent to an activating group) is 1. The summed E-state index contributed by atoms with van der Waals surface area (Å²) in [5.74, 6) is 0. The smallest absolute Gasteiger partial charge is 0.0793 e. The first-order valence-corrected chi connectivity index (χ1v) is 9.49. The summed E-state index contributed by atoms with van der Waals surface area (Å²) in [5, 5.41) is 20.8. The first-order valence-electron chi connectivity index (χ1n) is 9.49. The molecule has 1 atom stereocenters. The number of benzene rings is 1. The quantitative estimate of drug-likeness (QED) is 0.448. The molecule has 30 heavy (non-hydrogen) atoms. The fourth-order valence-electron chi connectivity index (χ4n) is 3.17. The first kappa shape index (κ1) is 37.7. The highest BCUT2D eigenvalue weighted by Crippen LogP contribution is 2.04. The number of halogens is 5. The van der Waals surface area contributed by atoms with Crippen LogP contribution in [0.3, 0.4) is 0 Å². The molecule has 182 valence electrons. The van der Waals surface area contributed by atoms with Crippen LogP contribution in [0.25, 0.3) is 0 Å². The van der Waals surface area contributed by atoms with Crippen molar-refractivity contribution in [1.29, 1.82) is 0 Å². The monoisotopic (exact) mass is 529 g/mol. The van der Waals surface area contributed by atoms with E-state index >= 15 is 0 Å². The molecule has 1 aliphatic heterocycles. The van der Waals surface area contributed by atoms with Crippen LogP contribution in [0.2, 0.25) is 0 Å². The van der Waals surface area contributed by atoms with Gasteiger partial charge in [-0.05, 0) is 12.6 Å². The SMILES string of the molecule is CN(Cc1ccccc1)CC(O)CN1CCNCCNCCNCC1.Cl.Cl.Cl.Cl.Cl. The van der Waals surface area contributed by atoms with Gasteiger partial charge < -0.3 is 21.1 Å². The molecule has 6 nitrogen and oxygen atoms in total. The molecule has 0 saturated carbocycles. The van der Waals surface area contributed by atoms with Gasteiger partial charge in [0.2, 0.25) is 0 Å². The number of nitrogens with one attached hydrogen (secondary N) is 3. The number of aliphatic hydroxyl groups excluding tert-OH is 1. The first-order chi connectivity index (χ1) is 12.2. The molecule has 4 N–H and O–H groups in total. The average molecular weight is 532 g/mol. The zero-order valence-electron chi connectivity index (χ0n) is 17.6. The number of nitrogens with zero attached hydrogens (tertiary/aromatic N) is 2. The van der Waals surface area contributed by atoms with Crippen LogP contribution in [0, 0.1) is 0 Å². The molecule has 0 bridgehead atoms. The van der Waals surface area contributed by atoms with Crippen molar-refractivity contribution in [3.8, 4) is 0 Å². The minimum absolute atomic E-state index is 0. The maximum absolute atomic E-state index is 10.5. The lowest BCUT2D eigenvalue weighted by molar-refractivity contribution is 0.0803. The van der Waals surface area contributed by atoms with Crippen molar-refractivity contribution in [2.75, 3.05) is 72.5 Å². The van der Waals surface area contributed by atoms with Gasteiger partial charge >= 0.3 is 0 Å². The van der Waals surface area contributed by atoms with Gasteiger partial charge in [0, 0.05) is 72.0 Å². The molecule has 0 aliphatic carbocycles. The predicted octanol–water partition coefficient (Wildman–Crippen LogP) is 1.67. The van der Waals surface area contributed by atoms with Crippen molar-refractivity contribution in [2.45, 2.75) is 12.6 Å². The number of β-amino-alcohol motifs (C(OH)–C–C–N with tert-alkyl or cyclic N) is 1. The summed E-state index contributed by atoms with van der Waals surface area (Å²) in [6.45, 7) is 10.2. The second-order valence-electron chi connectivity index (χ2n) is 6.89. The molecule has 0 spiro atoms. The summed E-state index contributed by atoms with van der Waals surface area (Å²) in [6, 6.07) is 10.4. The van der Waals surface area contributed by atoms with Gasteiger partial charge in [-0.3, -0.25) is 9.80 Å². The van der Waals surface area contributed by atoms with Crippen LogP contribution in [0.15, 0.2) is 30.3 Å². The third-order valence-electron chi connectivity index (χ3n) is 4.45. The Balaban J connectivity index is -0.000000676. The normalized spacial score (nSPS) is 16.6. The van der Waals surface area contributed by atoms with Crippen molar-refractivity contribution in [3.05, 3.63) is 35.9 Å². The molecular weight excluding hydrogens is 492 g/mol. The Kier molecular flexibility index (Phi) is 30.3. The van der Waals surface area contributed by atoms with Crippen LogP contribution in [-0.2, 0) is 6.54 Å². The number of aliphatic hydroxyl groups is 1. The molecule has 2 rings (SSSR count). The Morgan fingerprint density at radius 3 is 1.80 bits per heavy atom. The van der Waals surface area contributed by atoms with Gasteiger partial charge in [-0.1, -0.05) is 30.3 Å². The minimum Gasteiger partial charge on any atom is -0.390 e. The number of hydrogen-bond acceptors (Lipinski definition) is 6. The van der Waals surface area contributed by atoms with E-state index in [1.54, 1.807) is 0 Å². The molecule has 1 heterocycles. The van der Waals surface area contributed by atoms with Gasteiger partial charge in [0.1, 0.15) is 0 Å². The Labute approximate surface area is 213 Å². The van der Waals surface area contributed by atoms with Crippen molar-refractivity contribution in [2.24, 2.45) is 0 Å². The summed E-state index contributed by atoms with van der Waals surface area (Å²) in [6.07, 6.45) is -0.330. The summed E-state index contributed by atoms with van der Waals surface area (Å²) >= 11 is 0.